The number of thiophene rings is 1. The molecule has 0 amide bonds. The highest BCUT2D eigenvalue weighted by Gasteiger charge is 2.37. The summed E-state index contributed by atoms with van der Waals surface area (Å²) in [5.41, 5.74) is 4.92. The van der Waals surface area contributed by atoms with Crippen molar-refractivity contribution in [1.29, 1.82) is 5.26 Å². The first-order valence-electron chi connectivity index (χ1n) is 7.92. The van der Waals surface area contributed by atoms with Crippen LogP contribution < -0.4 is 5.32 Å². The van der Waals surface area contributed by atoms with Gasteiger partial charge in [-0.05, 0) is 31.2 Å². The van der Waals surface area contributed by atoms with Crippen LogP contribution in [0, 0.1) is 11.3 Å². The van der Waals surface area contributed by atoms with Crippen molar-refractivity contribution in [2.24, 2.45) is 0 Å². The van der Waals surface area contributed by atoms with E-state index in [1.807, 2.05) is 24.4 Å². The third kappa shape index (κ3) is 2.21. The molecule has 1 aliphatic heterocycles. The molecule has 3 heterocycles. The van der Waals surface area contributed by atoms with Crippen LogP contribution in [0.4, 0.5) is 0 Å². The summed E-state index contributed by atoms with van der Waals surface area (Å²) in [5, 5.41) is 22.3. The van der Waals surface area contributed by atoms with Crippen LogP contribution in [0.2, 0.25) is 0 Å². The maximum Gasteiger partial charge on any atom is 0.161 e. The van der Waals surface area contributed by atoms with Gasteiger partial charge < -0.3 is 5.32 Å². The van der Waals surface area contributed by atoms with Gasteiger partial charge in [-0.25, -0.2) is 0 Å². The molecule has 24 heavy (non-hydrogen) atoms. The van der Waals surface area contributed by atoms with Gasteiger partial charge in [0, 0.05) is 29.0 Å². The van der Waals surface area contributed by atoms with Gasteiger partial charge in [-0.1, -0.05) is 6.07 Å². The van der Waals surface area contributed by atoms with E-state index >= 15 is 0 Å². The first-order valence-corrected chi connectivity index (χ1v) is 8.80. The molecule has 0 aromatic carbocycles. The van der Waals surface area contributed by atoms with E-state index in [9.17, 15) is 10.1 Å². The van der Waals surface area contributed by atoms with E-state index in [0.29, 0.717) is 12.0 Å². The maximum absolute atomic E-state index is 12.6. The summed E-state index contributed by atoms with van der Waals surface area (Å²) in [6, 6.07) is 6.31. The topological polar surface area (TPSA) is 81.6 Å². The van der Waals surface area contributed by atoms with Crippen molar-refractivity contribution >= 4 is 17.1 Å². The van der Waals surface area contributed by atoms with Gasteiger partial charge in [0.25, 0.3) is 0 Å². The molecule has 0 saturated heterocycles. The Kier molecular flexibility index (Phi) is 3.58. The number of hydrogen-bond acceptors (Lipinski definition) is 5. The van der Waals surface area contributed by atoms with E-state index in [1.54, 1.807) is 17.5 Å². The number of carbonyl (C=O) groups is 1. The molecule has 0 spiro atoms. The highest BCUT2D eigenvalue weighted by molar-refractivity contribution is 7.13. The normalized spacial score (nSPS) is 20.7. The number of aromatic nitrogens is 2. The number of aromatic amines is 1. The van der Waals surface area contributed by atoms with E-state index < -0.39 is 0 Å². The molecule has 2 aliphatic rings. The molecule has 0 bridgehead atoms. The molecule has 6 heteroatoms. The average molecular weight is 336 g/mol. The number of allylic oxidation sites excluding steroid dienone is 4. The summed E-state index contributed by atoms with van der Waals surface area (Å²) >= 11 is 1.61. The summed E-state index contributed by atoms with van der Waals surface area (Å²) in [4.78, 5) is 13.7. The zero-order chi connectivity index (χ0) is 16.7. The minimum Gasteiger partial charge on any atom is -0.361 e. The first-order chi connectivity index (χ1) is 11.7. The molecule has 0 unspecified atom stereocenters. The Labute approximate surface area is 143 Å². The Morgan fingerprint density at radius 1 is 1.42 bits per heavy atom. The number of nitrogens with zero attached hydrogens (tertiary/aromatic N) is 2. The third-order valence-corrected chi connectivity index (χ3v) is 5.53. The third-order valence-electron chi connectivity index (χ3n) is 4.64. The Morgan fingerprint density at radius 2 is 2.29 bits per heavy atom. The smallest absolute Gasteiger partial charge is 0.161 e. The molecule has 4 rings (SSSR count). The van der Waals surface area contributed by atoms with Crippen LogP contribution in [-0.4, -0.2) is 16.0 Å². The summed E-state index contributed by atoms with van der Waals surface area (Å²) in [5.74, 6) is -0.206. The van der Waals surface area contributed by atoms with Crippen LogP contribution in [-0.2, 0) is 4.79 Å². The maximum atomic E-state index is 12.6. The molecule has 0 saturated carbocycles. The summed E-state index contributed by atoms with van der Waals surface area (Å²) < 4.78 is 0. The lowest BCUT2D eigenvalue weighted by Gasteiger charge is -2.32. The van der Waals surface area contributed by atoms with Crippen LogP contribution in [0.25, 0.3) is 10.6 Å². The largest absolute Gasteiger partial charge is 0.361 e. The Morgan fingerprint density at radius 3 is 3.04 bits per heavy atom. The van der Waals surface area contributed by atoms with Gasteiger partial charge in [-0.3, -0.25) is 9.89 Å². The van der Waals surface area contributed by atoms with Crippen molar-refractivity contribution in [1.82, 2.24) is 15.5 Å². The number of nitrogens with one attached hydrogen (secondary N) is 2. The van der Waals surface area contributed by atoms with Crippen molar-refractivity contribution in [3.63, 3.8) is 0 Å². The summed E-state index contributed by atoms with van der Waals surface area (Å²) in [6.45, 7) is 1.90. The van der Waals surface area contributed by atoms with Crippen LogP contribution >= 0.6 is 11.3 Å². The van der Waals surface area contributed by atoms with Gasteiger partial charge in [0.1, 0.15) is 0 Å². The fourth-order valence-corrected chi connectivity index (χ4v) is 4.32. The molecule has 120 valence electrons. The molecular formula is C18H16N4OS. The Bertz CT molecular complexity index is 911. The molecule has 2 aromatic rings. The lowest BCUT2D eigenvalue weighted by Crippen LogP contribution is -2.31. The lowest BCUT2D eigenvalue weighted by molar-refractivity contribution is -0.116. The fraction of sp³-hybridized carbons (Fsp3) is 0.278. The SMILES string of the molecule is CC1=C(C#N)[C@@H](c2cn[nH]c2-c2cccs2)C2=C(CCCC2=O)N1. The number of carbonyl (C=O) groups excluding carboxylic acids is 1. The summed E-state index contributed by atoms with van der Waals surface area (Å²) in [7, 11) is 0. The monoisotopic (exact) mass is 336 g/mol. The van der Waals surface area contributed by atoms with Gasteiger partial charge in [0.2, 0.25) is 0 Å². The molecule has 0 radical (unpaired) electrons. The number of rotatable bonds is 2. The minimum atomic E-state index is -0.338. The lowest BCUT2D eigenvalue weighted by atomic mass is 9.75. The Balaban J connectivity index is 1.92. The Hall–Kier alpha value is -2.65. The molecule has 5 nitrogen and oxygen atoms in total. The highest BCUT2D eigenvalue weighted by Crippen LogP contribution is 2.44. The second-order valence-electron chi connectivity index (χ2n) is 6.06. The number of Topliss-reactive ketones (excluding diaryl/α,β-unsaturated/α-hetero) is 1. The quantitative estimate of drug-likeness (QED) is 0.877. The van der Waals surface area contributed by atoms with E-state index in [2.05, 4.69) is 21.6 Å². The van der Waals surface area contributed by atoms with Crippen molar-refractivity contribution < 1.29 is 4.79 Å². The van der Waals surface area contributed by atoms with E-state index in [0.717, 1.165) is 45.9 Å². The number of H-pyrrole nitrogens is 1. The molecule has 1 atom stereocenters. The second kappa shape index (κ2) is 5.77. The zero-order valence-electron chi connectivity index (χ0n) is 13.2. The van der Waals surface area contributed by atoms with Crippen LogP contribution in [0.15, 0.2) is 46.2 Å². The van der Waals surface area contributed by atoms with Gasteiger partial charge in [-0.2, -0.15) is 10.4 Å². The zero-order valence-corrected chi connectivity index (χ0v) is 14.0. The van der Waals surface area contributed by atoms with Gasteiger partial charge in [0.05, 0.1) is 34.3 Å². The van der Waals surface area contributed by atoms with Crippen molar-refractivity contribution in [3.05, 3.63) is 51.8 Å². The van der Waals surface area contributed by atoms with E-state index in [-0.39, 0.29) is 11.7 Å². The minimum absolute atomic E-state index is 0.132. The van der Waals surface area contributed by atoms with Gasteiger partial charge >= 0.3 is 0 Å². The number of hydrogen-bond donors (Lipinski definition) is 2. The van der Waals surface area contributed by atoms with E-state index in [4.69, 9.17) is 0 Å². The molecule has 0 fully saturated rings. The van der Waals surface area contributed by atoms with Crippen LogP contribution in [0.5, 0.6) is 0 Å². The van der Waals surface area contributed by atoms with Crippen molar-refractivity contribution in [2.45, 2.75) is 32.1 Å². The van der Waals surface area contributed by atoms with Crippen LogP contribution in [0.3, 0.4) is 0 Å². The van der Waals surface area contributed by atoms with Gasteiger partial charge in [0.15, 0.2) is 5.78 Å². The molecule has 2 N–H and O–H groups in total. The standard InChI is InChI=1S/C18H16N4OS/c1-10-11(8-19)16(17-13(21-10)4-2-5-14(17)23)12-9-20-22-18(12)15-6-3-7-24-15/h3,6-7,9,16,21H,2,4-5H2,1H3,(H,20,22)/t16-/m0/s1. The number of ketones is 1. The molecule has 2 aromatic heterocycles. The molecular weight excluding hydrogens is 320 g/mol. The average Bonchev–Trinajstić information content (AvgIpc) is 3.24. The molecule has 1 aliphatic carbocycles. The fourth-order valence-electron chi connectivity index (χ4n) is 3.57. The predicted molar refractivity (Wildman–Crippen MR) is 92.0 cm³/mol. The van der Waals surface area contributed by atoms with Crippen molar-refractivity contribution in [2.75, 3.05) is 0 Å². The number of dihydropyridines is 1. The van der Waals surface area contributed by atoms with Gasteiger partial charge in [-0.15, -0.1) is 11.3 Å². The number of nitriles is 1. The van der Waals surface area contributed by atoms with Crippen molar-refractivity contribution in [3.8, 4) is 16.6 Å². The first kappa shape index (κ1) is 14.9. The second-order valence-corrected chi connectivity index (χ2v) is 7.00. The predicted octanol–water partition coefficient (Wildman–Crippen LogP) is 3.63. The summed E-state index contributed by atoms with van der Waals surface area (Å²) in [6.07, 6.45) is 4.00. The highest BCUT2D eigenvalue weighted by atomic mass is 32.1. The van der Waals surface area contributed by atoms with E-state index in [1.165, 1.54) is 0 Å². The van der Waals surface area contributed by atoms with Crippen LogP contribution in [0.1, 0.15) is 37.7 Å².